The lowest BCUT2D eigenvalue weighted by atomic mass is 9.96. The lowest BCUT2D eigenvalue weighted by molar-refractivity contribution is -0.387. The van der Waals surface area contributed by atoms with E-state index in [-0.39, 0.29) is 24.0 Å². The Kier molecular flexibility index (Phi) is 7.02. The molecule has 4 rings (SSSR count). The van der Waals surface area contributed by atoms with Crippen LogP contribution in [0.25, 0.3) is 0 Å². The molecule has 1 atom stereocenters. The molecule has 1 aliphatic rings. The number of para-hydroxylation sites is 1. The van der Waals surface area contributed by atoms with Crippen LogP contribution in [0.5, 0.6) is 0 Å². The summed E-state index contributed by atoms with van der Waals surface area (Å²) in [6, 6.07) is 20.4. The Labute approximate surface area is 202 Å². The summed E-state index contributed by atoms with van der Waals surface area (Å²) in [7, 11) is -4.01. The van der Waals surface area contributed by atoms with Gasteiger partial charge in [-0.3, -0.25) is 15.0 Å². The van der Waals surface area contributed by atoms with Crippen molar-refractivity contribution in [1.82, 2.24) is 9.21 Å². The Hall–Kier alpha value is -2.49. The van der Waals surface area contributed by atoms with E-state index >= 15 is 0 Å². The molecule has 0 amide bonds. The summed E-state index contributed by atoms with van der Waals surface area (Å²) in [5, 5.41) is 12.4. The third-order valence-corrected chi connectivity index (χ3v) is 8.20. The summed E-state index contributed by atoms with van der Waals surface area (Å²) in [5.41, 5.74) is 1.48. The Bertz CT molecular complexity index is 1260. The predicted molar refractivity (Wildman–Crippen MR) is 128 cm³/mol. The quantitative estimate of drug-likeness (QED) is 0.347. The first-order chi connectivity index (χ1) is 15.8. The lowest BCUT2D eigenvalue weighted by Gasteiger charge is -2.39. The van der Waals surface area contributed by atoms with Crippen LogP contribution in [-0.2, 0) is 10.0 Å². The minimum atomic E-state index is -4.01. The van der Waals surface area contributed by atoms with Gasteiger partial charge >= 0.3 is 0 Å². The zero-order chi connectivity index (χ0) is 23.6. The minimum absolute atomic E-state index is 0.188. The second-order valence-corrected chi connectivity index (χ2v) is 10.4. The fourth-order valence-electron chi connectivity index (χ4n) is 4.11. The van der Waals surface area contributed by atoms with E-state index < -0.39 is 20.6 Å². The molecule has 0 unspecified atom stereocenters. The van der Waals surface area contributed by atoms with Crippen LogP contribution in [0.1, 0.15) is 17.2 Å². The first-order valence-corrected chi connectivity index (χ1v) is 12.5. The third-order valence-electron chi connectivity index (χ3n) is 5.69. The number of nitro groups is 1. The second-order valence-electron chi connectivity index (χ2n) is 7.64. The van der Waals surface area contributed by atoms with E-state index in [4.69, 9.17) is 23.2 Å². The van der Waals surface area contributed by atoms with Crippen molar-refractivity contribution in [1.29, 1.82) is 0 Å². The van der Waals surface area contributed by atoms with E-state index in [2.05, 4.69) is 4.90 Å². The maximum Gasteiger partial charge on any atom is 0.289 e. The van der Waals surface area contributed by atoms with E-state index in [1.54, 1.807) is 12.1 Å². The molecule has 1 aliphatic heterocycles. The van der Waals surface area contributed by atoms with Crippen molar-refractivity contribution in [3.8, 4) is 0 Å². The van der Waals surface area contributed by atoms with E-state index in [9.17, 15) is 18.5 Å². The summed E-state index contributed by atoms with van der Waals surface area (Å²) in [5.74, 6) is 0. The van der Waals surface area contributed by atoms with Crippen molar-refractivity contribution in [3.05, 3.63) is 104 Å². The largest absolute Gasteiger partial charge is 0.290 e. The van der Waals surface area contributed by atoms with Gasteiger partial charge in [-0.05, 0) is 29.3 Å². The maximum absolute atomic E-state index is 13.2. The number of nitrogens with zero attached hydrogens (tertiary/aromatic N) is 3. The second kappa shape index (κ2) is 9.79. The molecule has 1 heterocycles. The van der Waals surface area contributed by atoms with Gasteiger partial charge in [-0.1, -0.05) is 71.7 Å². The van der Waals surface area contributed by atoms with Crippen LogP contribution in [0.4, 0.5) is 5.69 Å². The van der Waals surface area contributed by atoms with Crippen molar-refractivity contribution in [2.45, 2.75) is 10.9 Å². The van der Waals surface area contributed by atoms with Gasteiger partial charge < -0.3 is 0 Å². The fraction of sp³-hybridized carbons (Fsp3) is 0.217. The van der Waals surface area contributed by atoms with Gasteiger partial charge in [0, 0.05) is 42.3 Å². The van der Waals surface area contributed by atoms with Crippen LogP contribution < -0.4 is 0 Å². The zero-order valence-corrected chi connectivity index (χ0v) is 19.8. The normalized spacial score (nSPS) is 16.4. The van der Waals surface area contributed by atoms with Gasteiger partial charge in [0.1, 0.15) is 0 Å². The molecule has 0 aromatic heterocycles. The van der Waals surface area contributed by atoms with Crippen molar-refractivity contribution in [2.24, 2.45) is 0 Å². The van der Waals surface area contributed by atoms with Gasteiger partial charge in [0.15, 0.2) is 4.90 Å². The van der Waals surface area contributed by atoms with Crippen LogP contribution in [-0.4, -0.2) is 48.7 Å². The topological polar surface area (TPSA) is 83.8 Å². The lowest BCUT2D eigenvalue weighted by Crippen LogP contribution is -2.49. The molecule has 0 aliphatic carbocycles. The Morgan fingerprint density at radius 1 is 0.879 bits per heavy atom. The van der Waals surface area contributed by atoms with Gasteiger partial charge in [0.2, 0.25) is 10.0 Å². The van der Waals surface area contributed by atoms with E-state index in [1.807, 2.05) is 36.4 Å². The van der Waals surface area contributed by atoms with Crippen LogP contribution in [0, 0.1) is 10.1 Å². The Morgan fingerprint density at radius 3 is 2.15 bits per heavy atom. The van der Waals surface area contributed by atoms with Crippen molar-refractivity contribution < 1.29 is 13.3 Å². The van der Waals surface area contributed by atoms with Crippen molar-refractivity contribution >= 4 is 38.9 Å². The molecule has 0 saturated carbocycles. The standard InChI is InChI=1S/C23H21Cl2N3O4S/c24-18-10-11-19(20(25)16-18)23(17-6-2-1-3-7-17)26-12-14-27(15-13-26)33(31,32)22-9-5-4-8-21(22)28(29)30/h1-11,16,23H,12-15H2/t23-/m1/s1. The molecule has 0 bridgehead atoms. The predicted octanol–water partition coefficient (Wildman–Crippen LogP) is 5.00. The number of hydrogen-bond acceptors (Lipinski definition) is 5. The van der Waals surface area contributed by atoms with Gasteiger partial charge in [0.25, 0.3) is 5.69 Å². The average Bonchev–Trinajstić information content (AvgIpc) is 2.82. The number of rotatable bonds is 6. The van der Waals surface area contributed by atoms with Gasteiger partial charge in [0.05, 0.1) is 11.0 Å². The number of nitro benzene ring substituents is 1. The molecule has 1 saturated heterocycles. The Morgan fingerprint density at radius 2 is 1.52 bits per heavy atom. The molecule has 33 heavy (non-hydrogen) atoms. The molecule has 3 aromatic rings. The molecule has 0 spiro atoms. The summed E-state index contributed by atoms with van der Waals surface area (Å²) in [6.45, 7) is 1.25. The molecule has 3 aromatic carbocycles. The Balaban J connectivity index is 1.61. The molecular weight excluding hydrogens is 485 g/mol. The van der Waals surface area contributed by atoms with Gasteiger partial charge in [-0.2, -0.15) is 4.31 Å². The average molecular weight is 506 g/mol. The SMILES string of the molecule is O=[N+]([O-])c1ccccc1S(=O)(=O)N1CCN([C@H](c2ccccc2)c2ccc(Cl)cc2Cl)CC1. The van der Waals surface area contributed by atoms with Crippen LogP contribution >= 0.6 is 23.2 Å². The number of piperazine rings is 1. The van der Waals surface area contributed by atoms with Crippen LogP contribution in [0.2, 0.25) is 10.0 Å². The summed E-state index contributed by atoms with van der Waals surface area (Å²) < 4.78 is 27.7. The summed E-state index contributed by atoms with van der Waals surface area (Å²) in [6.07, 6.45) is 0. The molecular formula is C23H21Cl2N3O4S. The molecule has 1 fully saturated rings. The molecule has 0 radical (unpaired) electrons. The minimum Gasteiger partial charge on any atom is -0.290 e. The smallest absolute Gasteiger partial charge is 0.289 e. The first-order valence-electron chi connectivity index (χ1n) is 10.3. The van der Waals surface area contributed by atoms with Gasteiger partial charge in [-0.15, -0.1) is 0 Å². The van der Waals surface area contributed by atoms with Crippen molar-refractivity contribution in [3.63, 3.8) is 0 Å². The van der Waals surface area contributed by atoms with Gasteiger partial charge in [-0.25, -0.2) is 8.42 Å². The van der Waals surface area contributed by atoms with Crippen LogP contribution in [0.15, 0.2) is 77.7 Å². The highest BCUT2D eigenvalue weighted by Crippen LogP contribution is 2.36. The number of benzene rings is 3. The van der Waals surface area contributed by atoms with E-state index in [0.717, 1.165) is 11.1 Å². The highest BCUT2D eigenvalue weighted by Gasteiger charge is 2.35. The molecule has 172 valence electrons. The molecule has 10 heteroatoms. The number of sulfonamides is 1. The van der Waals surface area contributed by atoms with E-state index in [0.29, 0.717) is 23.1 Å². The monoisotopic (exact) mass is 505 g/mol. The fourth-order valence-corrected chi connectivity index (χ4v) is 6.20. The molecule has 7 nitrogen and oxygen atoms in total. The molecule has 0 N–H and O–H groups in total. The first kappa shape index (κ1) is 23.7. The van der Waals surface area contributed by atoms with E-state index in [1.165, 1.54) is 28.6 Å². The number of hydrogen-bond donors (Lipinski definition) is 0. The van der Waals surface area contributed by atoms with Crippen LogP contribution in [0.3, 0.4) is 0 Å². The van der Waals surface area contributed by atoms with Crippen molar-refractivity contribution in [2.75, 3.05) is 26.2 Å². The zero-order valence-electron chi connectivity index (χ0n) is 17.5. The highest BCUT2D eigenvalue weighted by molar-refractivity contribution is 7.89. The summed E-state index contributed by atoms with van der Waals surface area (Å²) >= 11 is 12.6. The maximum atomic E-state index is 13.2. The summed E-state index contributed by atoms with van der Waals surface area (Å²) in [4.78, 5) is 12.6. The third kappa shape index (κ3) is 4.90. The number of halogens is 2. The highest BCUT2D eigenvalue weighted by atomic mass is 35.5.